The normalized spacial score (nSPS) is 13.3. The summed E-state index contributed by atoms with van der Waals surface area (Å²) in [5, 5.41) is 11.9. The van der Waals surface area contributed by atoms with E-state index in [1.54, 1.807) is 0 Å². The molecule has 1 aromatic heterocycles. The van der Waals surface area contributed by atoms with Crippen LogP contribution in [-0.4, -0.2) is 0 Å². The van der Waals surface area contributed by atoms with E-state index in [1.807, 2.05) is 30.3 Å². The van der Waals surface area contributed by atoms with Crippen molar-refractivity contribution in [1.29, 1.82) is 5.26 Å². The summed E-state index contributed by atoms with van der Waals surface area (Å²) >= 11 is 0. The second-order valence-electron chi connectivity index (χ2n) is 13.7. The average molecular weight is 641 g/mol. The SMILES string of the molecule is CC(C)c1ccc(N(c2ccc(C#N)cc2)c2cc3c(c4c2oc2ccccc24)-c2ccccc2C32c3ccccc3-c3ccccc32)cc1. The molecule has 3 heteroatoms. The zero-order valence-corrected chi connectivity index (χ0v) is 27.8. The molecule has 0 radical (unpaired) electrons. The van der Waals surface area contributed by atoms with Crippen molar-refractivity contribution in [2.24, 2.45) is 0 Å². The predicted octanol–water partition coefficient (Wildman–Crippen LogP) is 12.4. The summed E-state index contributed by atoms with van der Waals surface area (Å²) in [6, 6.07) is 56.7. The zero-order chi connectivity index (χ0) is 33.6. The fourth-order valence-corrected chi connectivity index (χ4v) is 8.73. The molecule has 0 unspecified atom stereocenters. The molecule has 1 spiro atoms. The minimum atomic E-state index is -0.516. The van der Waals surface area contributed by atoms with Crippen molar-refractivity contribution in [1.82, 2.24) is 0 Å². The fourth-order valence-electron chi connectivity index (χ4n) is 8.73. The van der Waals surface area contributed by atoms with E-state index in [1.165, 1.54) is 50.1 Å². The summed E-state index contributed by atoms with van der Waals surface area (Å²) in [6.45, 7) is 4.44. The first-order chi connectivity index (χ1) is 24.6. The Morgan fingerprint density at radius 2 is 1.14 bits per heavy atom. The van der Waals surface area contributed by atoms with Crippen LogP contribution in [0.25, 0.3) is 44.2 Å². The van der Waals surface area contributed by atoms with Crippen molar-refractivity contribution >= 4 is 39.0 Å². The number of fused-ring (bicyclic) bond motifs is 14. The molecule has 3 nitrogen and oxygen atoms in total. The van der Waals surface area contributed by atoms with Crippen LogP contribution in [0.2, 0.25) is 0 Å². The molecule has 0 saturated heterocycles. The minimum absolute atomic E-state index is 0.412. The van der Waals surface area contributed by atoms with E-state index in [9.17, 15) is 5.26 Å². The third-order valence-corrected chi connectivity index (χ3v) is 10.9. The number of rotatable bonds is 4. The lowest BCUT2D eigenvalue weighted by Gasteiger charge is -2.32. The molecule has 2 aliphatic rings. The van der Waals surface area contributed by atoms with Gasteiger partial charge >= 0.3 is 0 Å². The minimum Gasteiger partial charge on any atom is -0.454 e. The number of furan rings is 1. The Bertz CT molecular complexity index is 2640. The fraction of sp³-hybridized carbons (Fsp3) is 0.0851. The van der Waals surface area contributed by atoms with Gasteiger partial charge in [-0.25, -0.2) is 0 Å². The van der Waals surface area contributed by atoms with Gasteiger partial charge in [0.25, 0.3) is 0 Å². The molecule has 10 rings (SSSR count). The molecular formula is C47H32N2O. The van der Waals surface area contributed by atoms with Crippen molar-refractivity contribution < 1.29 is 4.42 Å². The Morgan fingerprint density at radius 3 is 1.76 bits per heavy atom. The highest BCUT2D eigenvalue weighted by molar-refractivity contribution is 6.20. The molecule has 0 bridgehead atoms. The Morgan fingerprint density at radius 1 is 0.600 bits per heavy atom. The molecule has 1 heterocycles. The monoisotopic (exact) mass is 640 g/mol. The van der Waals surface area contributed by atoms with Gasteiger partial charge in [0.15, 0.2) is 5.58 Å². The summed E-state index contributed by atoms with van der Waals surface area (Å²) in [7, 11) is 0. The number of para-hydroxylation sites is 1. The van der Waals surface area contributed by atoms with Crippen LogP contribution in [0.3, 0.4) is 0 Å². The molecule has 50 heavy (non-hydrogen) atoms. The topological polar surface area (TPSA) is 40.2 Å². The van der Waals surface area contributed by atoms with E-state index < -0.39 is 5.41 Å². The van der Waals surface area contributed by atoms with Gasteiger partial charge < -0.3 is 9.32 Å². The van der Waals surface area contributed by atoms with E-state index in [-0.39, 0.29) is 0 Å². The lowest BCUT2D eigenvalue weighted by Crippen LogP contribution is -2.26. The maximum atomic E-state index is 9.70. The predicted molar refractivity (Wildman–Crippen MR) is 204 cm³/mol. The van der Waals surface area contributed by atoms with Gasteiger partial charge in [0.05, 0.1) is 22.7 Å². The molecule has 0 aliphatic heterocycles. The number of hydrogen-bond acceptors (Lipinski definition) is 3. The largest absolute Gasteiger partial charge is 0.454 e. The molecule has 2 aliphatic carbocycles. The molecule has 8 aromatic rings. The lowest BCUT2D eigenvalue weighted by molar-refractivity contribution is 0.668. The number of anilines is 3. The summed E-state index contributed by atoms with van der Waals surface area (Å²) in [6.07, 6.45) is 0. The molecule has 0 N–H and O–H groups in total. The van der Waals surface area contributed by atoms with Crippen LogP contribution in [0.15, 0.2) is 156 Å². The molecular weight excluding hydrogens is 609 g/mol. The third kappa shape index (κ3) is 3.74. The molecule has 7 aromatic carbocycles. The summed E-state index contributed by atoms with van der Waals surface area (Å²) < 4.78 is 6.95. The highest BCUT2D eigenvalue weighted by Gasteiger charge is 2.52. The second kappa shape index (κ2) is 10.6. The molecule has 0 fully saturated rings. The molecule has 236 valence electrons. The van der Waals surface area contributed by atoms with Gasteiger partial charge in [-0.15, -0.1) is 0 Å². The van der Waals surface area contributed by atoms with Gasteiger partial charge in [0.2, 0.25) is 0 Å². The van der Waals surface area contributed by atoms with Crippen molar-refractivity contribution in [3.05, 3.63) is 185 Å². The smallest absolute Gasteiger partial charge is 0.160 e. The number of hydrogen-bond donors (Lipinski definition) is 0. The lowest BCUT2D eigenvalue weighted by atomic mass is 9.70. The third-order valence-electron chi connectivity index (χ3n) is 10.9. The van der Waals surface area contributed by atoms with E-state index in [4.69, 9.17) is 4.42 Å². The van der Waals surface area contributed by atoms with Gasteiger partial charge in [-0.05, 0) is 105 Å². The highest BCUT2D eigenvalue weighted by Crippen LogP contribution is 2.65. The van der Waals surface area contributed by atoms with E-state index >= 15 is 0 Å². The van der Waals surface area contributed by atoms with Crippen molar-refractivity contribution in [2.75, 3.05) is 4.90 Å². The zero-order valence-electron chi connectivity index (χ0n) is 27.8. The quantitative estimate of drug-likeness (QED) is 0.192. The van der Waals surface area contributed by atoms with Gasteiger partial charge in [-0.3, -0.25) is 0 Å². The van der Waals surface area contributed by atoms with E-state index in [0.717, 1.165) is 39.0 Å². The molecule has 0 saturated carbocycles. The van der Waals surface area contributed by atoms with Crippen molar-refractivity contribution in [3.63, 3.8) is 0 Å². The summed E-state index contributed by atoms with van der Waals surface area (Å²) in [5.74, 6) is 0.412. The summed E-state index contributed by atoms with van der Waals surface area (Å²) in [5.41, 5.74) is 16.2. The molecule has 0 atom stereocenters. The average Bonchev–Trinajstić information content (AvgIpc) is 3.80. The number of nitriles is 1. The van der Waals surface area contributed by atoms with Crippen LogP contribution >= 0.6 is 0 Å². The van der Waals surface area contributed by atoms with Crippen LogP contribution < -0.4 is 4.90 Å². The van der Waals surface area contributed by atoms with Gasteiger partial charge in [0, 0.05) is 22.1 Å². The first-order valence-corrected chi connectivity index (χ1v) is 17.3. The summed E-state index contributed by atoms with van der Waals surface area (Å²) in [4.78, 5) is 2.31. The van der Waals surface area contributed by atoms with Gasteiger partial charge in [0.1, 0.15) is 5.58 Å². The first-order valence-electron chi connectivity index (χ1n) is 17.3. The number of benzene rings is 7. The van der Waals surface area contributed by atoms with Crippen LogP contribution in [0.4, 0.5) is 17.1 Å². The highest BCUT2D eigenvalue weighted by atomic mass is 16.3. The maximum absolute atomic E-state index is 9.70. The first kappa shape index (κ1) is 28.6. The second-order valence-corrected chi connectivity index (χ2v) is 13.7. The van der Waals surface area contributed by atoms with Crippen LogP contribution in [0.1, 0.15) is 53.1 Å². The van der Waals surface area contributed by atoms with Crippen molar-refractivity contribution in [3.8, 4) is 28.3 Å². The molecule has 0 amide bonds. The Labute approximate surface area is 291 Å². The van der Waals surface area contributed by atoms with E-state index in [0.29, 0.717) is 11.5 Å². The standard InChI is InChI=1S/C47H32N2O/c1-29(2)31-21-25-33(26-22-31)49(32-23-19-30(28-48)20-24-32)42-27-41-44(45-37-14-6-10-18-43(37)50-46(42)45)36-13-5-9-17-40(36)47(41)38-15-7-3-11-34(38)35-12-4-8-16-39(35)47/h3-27,29H,1-2H3. The maximum Gasteiger partial charge on any atom is 0.160 e. The Kier molecular flexibility index (Phi) is 6.05. The van der Waals surface area contributed by atoms with Crippen LogP contribution in [0, 0.1) is 11.3 Å². The van der Waals surface area contributed by atoms with Crippen LogP contribution in [-0.2, 0) is 5.41 Å². The Hall–Kier alpha value is -6.37. The van der Waals surface area contributed by atoms with E-state index in [2.05, 4.69) is 146 Å². The van der Waals surface area contributed by atoms with Crippen LogP contribution in [0.5, 0.6) is 0 Å². The van der Waals surface area contributed by atoms with Gasteiger partial charge in [-0.1, -0.05) is 117 Å². The van der Waals surface area contributed by atoms with Gasteiger partial charge in [-0.2, -0.15) is 5.26 Å². The Balaban J connectivity index is 1.38. The van der Waals surface area contributed by atoms with Crippen molar-refractivity contribution in [2.45, 2.75) is 25.2 Å². The number of nitrogens with zero attached hydrogens (tertiary/aromatic N) is 2.